The molecule has 3 rings (SSSR count). The van der Waals surface area contributed by atoms with Crippen LogP contribution in [0.25, 0.3) is 16.7 Å². The number of carbonyl (C=O) groups is 1. The van der Waals surface area contributed by atoms with Gasteiger partial charge in [0.1, 0.15) is 0 Å². The Bertz CT molecular complexity index is 860. The second-order valence-corrected chi connectivity index (χ2v) is 6.01. The Labute approximate surface area is 141 Å². The molecule has 1 aromatic carbocycles. The average Bonchev–Trinajstić information content (AvgIpc) is 2.62. The van der Waals surface area contributed by atoms with Gasteiger partial charge < -0.3 is 5.32 Å². The van der Waals surface area contributed by atoms with Crippen LogP contribution in [0.4, 0.5) is 0 Å². The maximum Gasteiger partial charge on any atom is 0.247 e. The monoisotopic (exact) mass is 317 g/mol. The Hall–Kier alpha value is -2.93. The van der Waals surface area contributed by atoms with Gasteiger partial charge >= 0.3 is 0 Å². The molecule has 2 heterocycles. The molecule has 1 fully saturated rings. The Morgan fingerprint density at radius 2 is 2.21 bits per heavy atom. The molecule has 2 aromatic rings. The summed E-state index contributed by atoms with van der Waals surface area (Å²) < 4.78 is 0. The summed E-state index contributed by atoms with van der Waals surface area (Å²) in [4.78, 5) is 16.4. The second-order valence-electron chi connectivity index (χ2n) is 6.01. The van der Waals surface area contributed by atoms with Crippen molar-refractivity contribution in [3.05, 3.63) is 58.9 Å². The number of piperidine rings is 1. The van der Waals surface area contributed by atoms with Crippen molar-refractivity contribution in [1.29, 1.82) is 5.26 Å². The van der Waals surface area contributed by atoms with Crippen LogP contribution in [0.1, 0.15) is 36.5 Å². The number of pyridine rings is 1. The van der Waals surface area contributed by atoms with Crippen LogP contribution in [0.5, 0.6) is 0 Å². The fourth-order valence-electron chi connectivity index (χ4n) is 3.20. The Balaban J connectivity index is 2.20. The number of benzene rings is 1. The van der Waals surface area contributed by atoms with Crippen LogP contribution in [0.2, 0.25) is 0 Å². The molecule has 0 aliphatic carbocycles. The van der Waals surface area contributed by atoms with E-state index >= 15 is 0 Å². The van der Waals surface area contributed by atoms with E-state index in [0.717, 1.165) is 52.8 Å². The molecule has 120 valence electrons. The Morgan fingerprint density at radius 1 is 1.38 bits per heavy atom. The van der Waals surface area contributed by atoms with Gasteiger partial charge in [0.15, 0.2) is 0 Å². The third kappa shape index (κ3) is 2.93. The normalized spacial score (nSPS) is 16.3. The highest BCUT2D eigenvalue weighted by Crippen LogP contribution is 2.33. The molecule has 1 aromatic heterocycles. The fraction of sp³-hybridized carbons (Fsp3) is 0.250. The molecule has 0 spiro atoms. The summed E-state index contributed by atoms with van der Waals surface area (Å²) in [5.41, 5.74) is 6.33. The van der Waals surface area contributed by atoms with Gasteiger partial charge in [0.2, 0.25) is 5.91 Å². The molecule has 24 heavy (non-hydrogen) atoms. The lowest BCUT2D eigenvalue weighted by atomic mass is 9.88. The van der Waals surface area contributed by atoms with E-state index < -0.39 is 0 Å². The standard InChI is InChI=1S/C20H19N3O/c1-13(17-6-4-8-23-20(17)24)18-9-15(11-21)10-19(14(18)2)16-5-3-7-22-12-16/h3,5,7,9-10,12H,4,6,8H2,1-2H3,(H,23,24)/b17-13+. The molecule has 0 bridgehead atoms. The molecule has 4 nitrogen and oxygen atoms in total. The molecule has 1 aliphatic rings. The van der Waals surface area contributed by atoms with Crippen LogP contribution in [0.3, 0.4) is 0 Å². The third-order valence-corrected chi connectivity index (χ3v) is 4.53. The van der Waals surface area contributed by atoms with Crippen molar-refractivity contribution in [2.24, 2.45) is 0 Å². The van der Waals surface area contributed by atoms with Crippen LogP contribution in [0, 0.1) is 18.3 Å². The number of nitriles is 1. The van der Waals surface area contributed by atoms with Gasteiger partial charge in [-0.1, -0.05) is 6.07 Å². The minimum atomic E-state index is 0.00318. The van der Waals surface area contributed by atoms with Gasteiger partial charge in [-0.3, -0.25) is 9.78 Å². The van der Waals surface area contributed by atoms with Crippen LogP contribution < -0.4 is 5.32 Å². The first-order valence-electron chi connectivity index (χ1n) is 8.05. The van der Waals surface area contributed by atoms with Crippen molar-refractivity contribution >= 4 is 11.5 Å². The summed E-state index contributed by atoms with van der Waals surface area (Å²) >= 11 is 0. The summed E-state index contributed by atoms with van der Waals surface area (Å²) in [6.07, 6.45) is 5.25. The van der Waals surface area contributed by atoms with Gasteiger partial charge in [0, 0.05) is 30.1 Å². The van der Waals surface area contributed by atoms with Crippen LogP contribution in [0.15, 0.2) is 42.2 Å². The minimum absolute atomic E-state index is 0.00318. The lowest BCUT2D eigenvalue weighted by molar-refractivity contribution is -0.118. The van der Waals surface area contributed by atoms with Crippen molar-refractivity contribution in [3.63, 3.8) is 0 Å². The van der Waals surface area contributed by atoms with E-state index in [1.54, 1.807) is 12.4 Å². The van der Waals surface area contributed by atoms with Gasteiger partial charge in [-0.2, -0.15) is 5.26 Å². The highest BCUT2D eigenvalue weighted by atomic mass is 16.1. The molecule has 1 saturated heterocycles. The number of carbonyl (C=O) groups excluding carboxylic acids is 1. The van der Waals surface area contributed by atoms with Crippen LogP contribution in [-0.4, -0.2) is 17.4 Å². The van der Waals surface area contributed by atoms with E-state index in [4.69, 9.17) is 0 Å². The first kappa shape index (κ1) is 15.9. The molecule has 1 N–H and O–H groups in total. The van der Waals surface area contributed by atoms with Crippen LogP contribution >= 0.6 is 0 Å². The SMILES string of the molecule is C/C(=C1/CCCNC1=O)c1cc(C#N)cc(-c2cccnc2)c1C. The minimum Gasteiger partial charge on any atom is -0.352 e. The van der Waals surface area contributed by atoms with E-state index in [9.17, 15) is 10.1 Å². The van der Waals surface area contributed by atoms with E-state index in [-0.39, 0.29) is 5.91 Å². The quantitative estimate of drug-likeness (QED) is 0.860. The van der Waals surface area contributed by atoms with Crippen molar-refractivity contribution in [3.8, 4) is 17.2 Å². The van der Waals surface area contributed by atoms with Crippen LogP contribution in [-0.2, 0) is 4.79 Å². The number of amides is 1. The first-order chi connectivity index (χ1) is 11.6. The second kappa shape index (κ2) is 6.67. The summed E-state index contributed by atoms with van der Waals surface area (Å²) in [6.45, 7) is 4.73. The van der Waals surface area contributed by atoms with Gasteiger partial charge in [0.25, 0.3) is 0 Å². The molecule has 0 saturated carbocycles. The van der Waals surface area contributed by atoms with Crippen molar-refractivity contribution < 1.29 is 4.79 Å². The largest absolute Gasteiger partial charge is 0.352 e. The molecule has 1 aliphatic heterocycles. The molecule has 0 radical (unpaired) electrons. The smallest absolute Gasteiger partial charge is 0.247 e. The van der Waals surface area contributed by atoms with Crippen molar-refractivity contribution in [2.45, 2.75) is 26.7 Å². The summed E-state index contributed by atoms with van der Waals surface area (Å²) in [6, 6.07) is 9.85. The summed E-state index contributed by atoms with van der Waals surface area (Å²) in [7, 11) is 0. The zero-order valence-electron chi connectivity index (χ0n) is 13.9. The lowest BCUT2D eigenvalue weighted by Crippen LogP contribution is -2.31. The van der Waals surface area contributed by atoms with E-state index in [2.05, 4.69) is 16.4 Å². The van der Waals surface area contributed by atoms with Gasteiger partial charge in [-0.15, -0.1) is 0 Å². The zero-order chi connectivity index (χ0) is 17.1. The number of hydrogen-bond acceptors (Lipinski definition) is 3. The van der Waals surface area contributed by atoms with Crippen molar-refractivity contribution in [2.75, 3.05) is 6.54 Å². The van der Waals surface area contributed by atoms with Gasteiger partial charge in [0.05, 0.1) is 11.6 Å². The number of allylic oxidation sites excluding steroid dienone is 1. The van der Waals surface area contributed by atoms with Crippen molar-refractivity contribution in [1.82, 2.24) is 10.3 Å². The fourth-order valence-corrected chi connectivity index (χ4v) is 3.20. The number of rotatable bonds is 2. The predicted octanol–water partition coefficient (Wildman–Crippen LogP) is 3.61. The van der Waals surface area contributed by atoms with E-state index in [0.29, 0.717) is 5.56 Å². The average molecular weight is 317 g/mol. The van der Waals surface area contributed by atoms with Gasteiger partial charge in [-0.05, 0) is 67.2 Å². The van der Waals surface area contributed by atoms with Gasteiger partial charge in [-0.25, -0.2) is 0 Å². The molecule has 1 amide bonds. The zero-order valence-corrected chi connectivity index (χ0v) is 13.9. The number of nitrogens with one attached hydrogen (secondary N) is 1. The molecule has 0 unspecified atom stereocenters. The summed E-state index contributed by atoms with van der Waals surface area (Å²) in [5, 5.41) is 12.3. The number of aromatic nitrogens is 1. The predicted molar refractivity (Wildman–Crippen MR) is 94.0 cm³/mol. The molecule has 4 heteroatoms. The Kier molecular flexibility index (Phi) is 4.43. The Morgan fingerprint density at radius 3 is 2.88 bits per heavy atom. The third-order valence-electron chi connectivity index (χ3n) is 4.53. The first-order valence-corrected chi connectivity index (χ1v) is 8.05. The molecular weight excluding hydrogens is 298 g/mol. The highest BCUT2D eigenvalue weighted by Gasteiger charge is 2.20. The maximum absolute atomic E-state index is 12.2. The highest BCUT2D eigenvalue weighted by molar-refractivity contribution is 6.02. The molecule has 0 atom stereocenters. The molecular formula is C20H19N3O. The maximum atomic E-state index is 12.2. The number of hydrogen-bond donors (Lipinski definition) is 1. The lowest BCUT2D eigenvalue weighted by Gasteiger charge is -2.20. The van der Waals surface area contributed by atoms with E-state index in [1.165, 1.54) is 0 Å². The topological polar surface area (TPSA) is 65.8 Å². The number of nitrogens with zero attached hydrogens (tertiary/aromatic N) is 2. The summed E-state index contributed by atoms with van der Waals surface area (Å²) in [5.74, 6) is 0.00318. The van der Waals surface area contributed by atoms with E-state index in [1.807, 2.05) is 38.1 Å².